The van der Waals surface area contributed by atoms with Gasteiger partial charge in [0.15, 0.2) is 0 Å². The van der Waals surface area contributed by atoms with E-state index in [-0.39, 0.29) is 10.9 Å². The Hall–Kier alpha value is -0.620. The number of piperazine rings is 1. The molecule has 2 rings (SSSR count). The van der Waals surface area contributed by atoms with Crippen LogP contribution in [0.1, 0.15) is 6.92 Å². The van der Waals surface area contributed by atoms with E-state index in [1.54, 1.807) is 18.2 Å². The highest BCUT2D eigenvalue weighted by Gasteiger charge is 2.28. The lowest BCUT2D eigenvalue weighted by molar-refractivity contribution is 0.310. The van der Waals surface area contributed by atoms with Crippen LogP contribution in [0.25, 0.3) is 0 Å². The van der Waals surface area contributed by atoms with Crippen LogP contribution in [0.3, 0.4) is 0 Å². The molecular formula is C11H15ClN2O2S. The number of sulfonamides is 1. The van der Waals surface area contributed by atoms with Gasteiger partial charge in [0.05, 0.1) is 4.90 Å². The van der Waals surface area contributed by atoms with Crippen molar-refractivity contribution in [1.29, 1.82) is 0 Å². The lowest BCUT2D eigenvalue weighted by Gasteiger charge is -2.31. The van der Waals surface area contributed by atoms with Crippen molar-refractivity contribution >= 4 is 21.6 Å². The zero-order valence-electron chi connectivity index (χ0n) is 9.56. The highest BCUT2D eigenvalue weighted by atomic mass is 35.5. The van der Waals surface area contributed by atoms with Crippen LogP contribution in [0.15, 0.2) is 29.2 Å². The second kappa shape index (κ2) is 4.94. The summed E-state index contributed by atoms with van der Waals surface area (Å²) in [6, 6.07) is 6.57. The summed E-state index contributed by atoms with van der Waals surface area (Å²) in [6.07, 6.45) is 0. The molecule has 0 amide bonds. The molecule has 1 atom stereocenters. The van der Waals surface area contributed by atoms with E-state index in [2.05, 4.69) is 5.32 Å². The number of hydrogen-bond donors (Lipinski definition) is 1. The fourth-order valence-corrected chi connectivity index (χ4v) is 3.72. The van der Waals surface area contributed by atoms with Crippen molar-refractivity contribution in [3.8, 4) is 0 Å². The number of hydrogen-bond acceptors (Lipinski definition) is 3. The van der Waals surface area contributed by atoms with E-state index >= 15 is 0 Å². The lowest BCUT2D eigenvalue weighted by Crippen LogP contribution is -2.51. The second-order valence-electron chi connectivity index (χ2n) is 4.18. The van der Waals surface area contributed by atoms with E-state index in [0.717, 1.165) is 0 Å². The third-order valence-electron chi connectivity index (χ3n) is 2.77. The van der Waals surface area contributed by atoms with Crippen LogP contribution in [-0.2, 0) is 10.0 Å². The van der Waals surface area contributed by atoms with Crippen molar-refractivity contribution in [1.82, 2.24) is 9.62 Å². The Kier molecular flexibility index (Phi) is 3.73. The molecule has 1 aromatic rings. The third kappa shape index (κ3) is 2.80. The van der Waals surface area contributed by atoms with E-state index in [4.69, 9.17) is 11.6 Å². The van der Waals surface area contributed by atoms with Gasteiger partial charge in [-0.3, -0.25) is 0 Å². The Morgan fingerprint density at radius 2 is 2.24 bits per heavy atom. The Balaban J connectivity index is 2.29. The summed E-state index contributed by atoms with van der Waals surface area (Å²) in [7, 11) is -3.41. The van der Waals surface area contributed by atoms with Gasteiger partial charge in [-0.25, -0.2) is 8.42 Å². The number of nitrogens with one attached hydrogen (secondary N) is 1. The van der Waals surface area contributed by atoms with Crippen molar-refractivity contribution in [3.05, 3.63) is 29.3 Å². The molecule has 0 bridgehead atoms. The Morgan fingerprint density at radius 3 is 2.88 bits per heavy atom. The second-order valence-corrected chi connectivity index (χ2v) is 6.55. The molecule has 1 unspecified atom stereocenters. The maximum atomic E-state index is 12.3. The monoisotopic (exact) mass is 274 g/mol. The molecule has 1 aliphatic heterocycles. The van der Waals surface area contributed by atoms with Gasteiger partial charge in [-0.2, -0.15) is 4.31 Å². The van der Waals surface area contributed by atoms with Crippen molar-refractivity contribution < 1.29 is 8.42 Å². The molecule has 94 valence electrons. The number of halogens is 1. The van der Waals surface area contributed by atoms with Crippen molar-refractivity contribution in [3.63, 3.8) is 0 Å². The molecule has 1 saturated heterocycles. The molecule has 0 saturated carbocycles. The van der Waals surface area contributed by atoms with E-state index in [1.807, 2.05) is 6.92 Å². The molecule has 1 fully saturated rings. The van der Waals surface area contributed by atoms with Gasteiger partial charge in [-0.1, -0.05) is 17.7 Å². The van der Waals surface area contributed by atoms with E-state index in [0.29, 0.717) is 24.7 Å². The molecule has 6 heteroatoms. The van der Waals surface area contributed by atoms with E-state index < -0.39 is 10.0 Å². The predicted octanol–water partition coefficient (Wildman–Crippen LogP) is 1.32. The molecule has 0 aliphatic carbocycles. The topological polar surface area (TPSA) is 49.4 Å². The minimum absolute atomic E-state index is 0.178. The largest absolute Gasteiger partial charge is 0.312 e. The fraction of sp³-hybridized carbons (Fsp3) is 0.455. The van der Waals surface area contributed by atoms with Gasteiger partial charge in [0, 0.05) is 30.7 Å². The molecule has 1 N–H and O–H groups in total. The summed E-state index contributed by atoms with van der Waals surface area (Å²) in [5, 5.41) is 3.65. The smallest absolute Gasteiger partial charge is 0.243 e. The van der Waals surface area contributed by atoms with Gasteiger partial charge in [-0.15, -0.1) is 0 Å². The molecule has 17 heavy (non-hydrogen) atoms. The third-order valence-corrected chi connectivity index (χ3v) is 4.86. The SMILES string of the molecule is CC1CN(S(=O)(=O)c2cccc(Cl)c2)CCN1. The van der Waals surface area contributed by atoms with Crippen LogP contribution >= 0.6 is 11.6 Å². The van der Waals surface area contributed by atoms with Gasteiger partial charge in [-0.05, 0) is 25.1 Å². The Bertz CT molecular complexity index is 504. The van der Waals surface area contributed by atoms with Gasteiger partial charge >= 0.3 is 0 Å². The van der Waals surface area contributed by atoms with E-state index in [9.17, 15) is 8.42 Å². The van der Waals surface area contributed by atoms with Crippen LogP contribution in [0.4, 0.5) is 0 Å². The van der Waals surface area contributed by atoms with E-state index in [1.165, 1.54) is 10.4 Å². The average Bonchev–Trinajstić information content (AvgIpc) is 2.29. The zero-order chi connectivity index (χ0) is 12.5. The summed E-state index contributed by atoms with van der Waals surface area (Å²) in [4.78, 5) is 0.263. The first-order valence-electron chi connectivity index (χ1n) is 5.49. The standard InChI is InChI=1S/C11H15ClN2O2S/c1-9-8-14(6-5-13-9)17(15,16)11-4-2-3-10(12)7-11/h2-4,7,9,13H,5-6,8H2,1H3. The maximum Gasteiger partial charge on any atom is 0.243 e. The summed E-state index contributed by atoms with van der Waals surface area (Å²) in [5.74, 6) is 0. The van der Waals surface area contributed by atoms with Crippen molar-refractivity contribution in [2.24, 2.45) is 0 Å². The molecule has 1 aromatic carbocycles. The van der Waals surface area contributed by atoms with Crippen molar-refractivity contribution in [2.75, 3.05) is 19.6 Å². The maximum absolute atomic E-state index is 12.3. The minimum Gasteiger partial charge on any atom is -0.312 e. The number of rotatable bonds is 2. The molecule has 1 heterocycles. The summed E-state index contributed by atoms with van der Waals surface area (Å²) in [5.41, 5.74) is 0. The highest BCUT2D eigenvalue weighted by Crippen LogP contribution is 2.20. The van der Waals surface area contributed by atoms with Crippen LogP contribution in [0.2, 0.25) is 5.02 Å². The quantitative estimate of drug-likeness (QED) is 0.885. The van der Waals surface area contributed by atoms with Gasteiger partial charge in [0.2, 0.25) is 10.0 Å². The first-order valence-corrected chi connectivity index (χ1v) is 7.31. The number of benzene rings is 1. The average molecular weight is 275 g/mol. The predicted molar refractivity (Wildman–Crippen MR) is 67.7 cm³/mol. The van der Waals surface area contributed by atoms with Gasteiger partial charge in [0.25, 0.3) is 0 Å². The first kappa shape index (κ1) is 12.8. The zero-order valence-corrected chi connectivity index (χ0v) is 11.1. The normalized spacial score (nSPS) is 22.6. The Morgan fingerprint density at radius 1 is 1.47 bits per heavy atom. The summed E-state index contributed by atoms with van der Waals surface area (Å²) >= 11 is 5.82. The van der Waals surface area contributed by atoms with Gasteiger partial charge in [0.1, 0.15) is 0 Å². The molecule has 1 aliphatic rings. The molecule has 0 spiro atoms. The van der Waals surface area contributed by atoms with Crippen LogP contribution in [0.5, 0.6) is 0 Å². The summed E-state index contributed by atoms with van der Waals surface area (Å²) in [6.45, 7) is 3.65. The van der Waals surface area contributed by atoms with Crippen LogP contribution < -0.4 is 5.32 Å². The first-order chi connectivity index (χ1) is 8.00. The lowest BCUT2D eigenvalue weighted by atomic mass is 10.3. The van der Waals surface area contributed by atoms with Crippen LogP contribution in [-0.4, -0.2) is 38.4 Å². The highest BCUT2D eigenvalue weighted by molar-refractivity contribution is 7.89. The molecule has 0 aromatic heterocycles. The summed E-state index contributed by atoms with van der Waals surface area (Å²) < 4.78 is 26.1. The Labute approximate surface area is 107 Å². The molecule has 0 radical (unpaired) electrons. The van der Waals surface area contributed by atoms with Gasteiger partial charge < -0.3 is 5.32 Å². The van der Waals surface area contributed by atoms with Crippen LogP contribution in [0, 0.1) is 0 Å². The minimum atomic E-state index is -3.41. The number of nitrogens with zero attached hydrogens (tertiary/aromatic N) is 1. The molecular weight excluding hydrogens is 260 g/mol. The molecule has 4 nitrogen and oxygen atoms in total. The fourth-order valence-electron chi connectivity index (χ4n) is 1.89. The van der Waals surface area contributed by atoms with Crippen molar-refractivity contribution in [2.45, 2.75) is 17.9 Å².